The number of methoxy groups -OCH3 is 1. The molecule has 4 saturated carbocycles. The van der Waals surface area contributed by atoms with E-state index in [0.29, 0.717) is 18.4 Å². The Morgan fingerprint density at radius 2 is 2.00 bits per heavy atom. The zero-order chi connectivity index (χ0) is 17.8. The van der Waals surface area contributed by atoms with Crippen molar-refractivity contribution in [3.63, 3.8) is 0 Å². The number of carbonyl (C=O) groups is 1. The van der Waals surface area contributed by atoms with Crippen molar-refractivity contribution in [3.05, 3.63) is 15.4 Å². The molecule has 0 radical (unpaired) electrons. The summed E-state index contributed by atoms with van der Waals surface area (Å²) < 4.78 is 7.35. The van der Waals surface area contributed by atoms with Crippen molar-refractivity contribution in [1.29, 1.82) is 0 Å². The first-order valence-corrected chi connectivity index (χ1v) is 10.5. The minimum absolute atomic E-state index is 0.0686. The number of thiazole rings is 1. The molecule has 4 fully saturated rings. The van der Waals surface area contributed by atoms with Crippen LogP contribution in [-0.2, 0) is 16.1 Å². The Balaban J connectivity index is 1.68. The second-order valence-corrected chi connectivity index (χ2v) is 10.5. The third-order valence-electron chi connectivity index (χ3n) is 6.55. The summed E-state index contributed by atoms with van der Waals surface area (Å²) in [6.45, 7) is 5.53. The molecule has 6 heteroatoms. The fourth-order valence-electron chi connectivity index (χ4n) is 5.73. The van der Waals surface area contributed by atoms with Crippen LogP contribution in [0, 0.1) is 31.1 Å². The summed E-state index contributed by atoms with van der Waals surface area (Å²) in [4.78, 5) is 19.8. The van der Waals surface area contributed by atoms with Gasteiger partial charge in [0.1, 0.15) is 0 Å². The predicted octanol–water partition coefficient (Wildman–Crippen LogP) is 3.82. The fourth-order valence-corrected chi connectivity index (χ4v) is 7.43. The lowest BCUT2D eigenvalue weighted by Crippen LogP contribution is -2.55. The van der Waals surface area contributed by atoms with Crippen molar-refractivity contribution < 1.29 is 9.53 Å². The quantitative estimate of drug-likeness (QED) is 0.743. The highest BCUT2D eigenvalue weighted by Gasteiger charge is 2.60. The van der Waals surface area contributed by atoms with E-state index in [0.717, 1.165) is 43.5 Å². The molecule has 0 N–H and O–H groups in total. The van der Waals surface area contributed by atoms with E-state index >= 15 is 0 Å². The fraction of sp³-hybridized carbons (Fsp3) is 0.789. The van der Waals surface area contributed by atoms with Gasteiger partial charge < -0.3 is 9.30 Å². The number of amides is 1. The van der Waals surface area contributed by atoms with Gasteiger partial charge in [0.25, 0.3) is 5.91 Å². The number of aryl methyl sites for hydroxylation is 1. The van der Waals surface area contributed by atoms with Crippen molar-refractivity contribution in [2.24, 2.45) is 22.2 Å². The first-order valence-electron chi connectivity index (χ1n) is 9.28. The average molecular weight is 383 g/mol. The SMILES string of the molecule is COCCn1c(C)c(C)s/c1=N\C(=O)C12CC3CC(CC(Cl)(C3)C1)C2. The van der Waals surface area contributed by atoms with Gasteiger partial charge in [-0.25, -0.2) is 0 Å². The first-order chi connectivity index (χ1) is 11.8. The molecule has 138 valence electrons. The van der Waals surface area contributed by atoms with Crippen LogP contribution in [0.2, 0.25) is 0 Å². The minimum atomic E-state index is -0.309. The van der Waals surface area contributed by atoms with Gasteiger partial charge in [-0.3, -0.25) is 4.79 Å². The second-order valence-electron chi connectivity index (χ2n) is 8.48. The lowest BCUT2D eigenvalue weighted by Gasteiger charge is -2.58. The Kier molecular flexibility index (Phi) is 4.41. The highest BCUT2D eigenvalue weighted by Crippen LogP contribution is 2.64. The van der Waals surface area contributed by atoms with Gasteiger partial charge >= 0.3 is 0 Å². The van der Waals surface area contributed by atoms with E-state index in [-0.39, 0.29) is 16.2 Å². The number of hydrogen-bond donors (Lipinski definition) is 0. The Morgan fingerprint density at radius 3 is 2.60 bits per heavy atom. The second kappa shape index (κ2) is 6.21. The van der Waals surface area contributed by atoms with E-state index in [4.69, 9.17) is 16.3 Å². The van der Waals surface area contributed by atoms with Crippen LogP contribution in [0.1, 0.15) is 49.1 Å². The molecule has 1 amide bonds. The highest BCUT2D eigenvalue weighted by atomic mass is 35.5. The van der Waals surface area contributed by atoms with E-state index in [1.165, 1.54) is 17.0 Å². The normalized spacial score (nSPS) is 37.0. The summed E-state index contributed by atoms with van der Waals surface area (Å²) in [5, 5.41) is 0. The molecule has 1 aromatic rings. The van der Waals surface area contributed by atoms with Crippen molar-refractivity contribution >= 4 is 28.8 Å². The maximum Gasteiger partial charge on any atom is 0.254 e. The lowest BCUT2D eigenvalue weighted by molar-refractivity contribution is -0.141. The summed E-state index contributed by atoms with van der Waals surface area (Å²) in [7, 11) is 1.70. The number of rotatable bonds is 4. The van der Waals surface area contributed by atoms with Gasteiger partial charge in [-0.15, -0.1) is 22.9 Å². The average Bonchev–Trinajstić information content (AvgIpc) is 2.77. The molecule has 0 aliphatic heterocycles. The van der Waals surface area contributed by atoms with Crippen molar-refractivity contribution in [2.45, 2.75) is 63.8 Å². The van der Waals surface area contributed by atoms with E-state index in [1.54, 1.807) is 18.4 Å². The summed E-state index contributed by atoms with van der Waals surface area (Å²) in [6, 6.07) is 0. The summed E-state index contributed by atoms with van der Waals surface area (Å²) in [5.74, 6) is 1.30. The van der Waals surface area contributed by atoms with Crippen LogP contribution >= 0.6 is 22.9 Å². The monoisotopic (exact) mass is 382 g/mol. The van der Waals surface area contributed by atoms with Gasteiger partial charge in [0, 0.05) is 29.1 Å². The van der Waals surface area contributed by atoms with Gasteiger partial charge in [-0.2, -0.15) is 4.99 Å². The lowest BCUT2D eigenvalue weighted by atomic mass is 9.49. The largest absolute Gasteiger partial charge is 0.383 e. The number of alkyl halides is 1. The van der Waals surface area contributed by atoms with E-state index < -0.39 is 0 Å². The number of aromatic nitrogens is 1. The number of carbonyl (C=O) groups excluding carboxylic acids is 1. The van der Waals surface area contributed by atoms with Crippen molar-refractivity contribution in [2.75, 3.05) is 13.7 Å². The molecule has 25 heavy (non-hydrogen) atoms. The molecule has 0 saturated heterocycles. The van der Waals surface area contributed by atoms with Gasteiger partial charge in [-0.05, 0) is 64.2 Å². The van der Waals surface area contributed by atoms with Crippen LogP contribution in [-0.4, -0.2) is 29.1 Å². The van der Waals surface area contributed by atoms with Crippen LogP contribution in [0.15, 0.2) is 4.99 Å². The van der Waals surface area contributed by atoms with Crippen LogP contribution in [0.4, 0.5) is 0 Å². The minimum Gasteiger partial charge on any atom is -0.383 e. The van der Waals surface area contributed by atoms with Crippen LogP contribution in [0.25, 0.3) is 0 Å². The summed E-state index contributed by atoms with van der Waals surface area (Å²) >= 11 is 8.49. The predicted molar refractivity (Wildman–Crippen MR) is 99.9 cm³/mol. The van der Waals surface area contributed by atoms with Crippen molar-refractivity contribution in [1.82, 2.24) is 4.57 Å². The molecule has 5 rings (SSSR count). The molecule has 0 aromatic carbocycles. The molecular weight excluding hydrogens is 356 g/mol. The van der Waals surface area contributed by atoms with Crippen LogP contribution in [0.3, 0.4) is 0 Å². The Labute approximate surface area is 158 Å². The molecule has 4 aliphatic carbocycles. The maximum atomic E-state index is 13.3. The molecule has 2 atom stereocenters. The maximum absolute atomic E-state index is 13.3. The van der Waals surface area contributed by atoms with E-state index in [9.17, 15) is 4.79 Å². The Morgan fingerprint density at radius 1 is 1.32 bits per heavy atom. The number of halogens is 1. The number of ether oxygens (including phenoxy) is 1. The molecule has 2 unspecified atom stereocenters. The molecule has 1 aromatic heterocycles. The molecular formula is C19H27ClN2O2S. The highest BCUT2D eigenvalue weighted by molar-refractivity contribution is 7.09. The van der Waals surface area contributed by atoms with Gasteiger partial charge in [0.05, 0.1) is 12.0 Å². The van der Waals surface area contributed by atoms with Crippen LogP contribution in [0.5, 0.6) is 0 Å². The Hall–Kier alpha value is -0.650. The molecule has 4 aliphatic rings. The van der Waals surface area contributed by atoms with Gasteiger partial charge in [0.2, 0.25) is 0 Å². The third kappa shape index (κ3) is 3.02. The zero-order valence-electron chi connectivity index (χ0n) is 15.3. The zero-order valence-corrected chi connectivity index (χ0v) is 16.9. The molecule has 4 bridgehead atoms. The molecule has 0 spiro atoms. The third-order valence-corrected chi connectivity index (χ3v) is 8.09. The smallest absolute Gasteiger partial charge is 0.254 e. The topological polar surface area (TPSA) is 43.6 Å². The van der Waals surface area contributed by atoms with Gasteiger partial charge in [0.15, 0.2) is 4.80 Å². The van der Waals surface area contributed by atoms with Crippen LogP contribution < -0.4 is 4.80 Å². The first kappa shape index (κ1) is 17.7. The standard InChI is InChI=1S/C19H27ClN2O2S/c1-12-13(2)25-17(22(12)4-5-24-3)21-16(23)18-7-14-6-15(8-18)10-19(20,9-14)11-18/h14-15H,4-11H2,1-3H3/b21-17-. The number of nitrogens with zero attached hydrogens (tertiary/aromatic N) is 2. The Bertz CT molecular complexity index is 752. The van der Waals surface area contributed by atoms with Gasteiger partial charge in [-0.1, -0.05) is 0 Å². The number of hydrogen-bond acceptors (Lipinski definition) is 3. The molecule has 4 nitrogen and oxygen atoms in total. The van der Waals surface area contributed by atoms with E-state index in [2.05, 4.69) is 23.4 Å². The summed E-state index contributed by atoms with van der Waals surface area (Å²) in [6.07, 6.45) is 6.23. The summed E-state index contributed by atoms with van der Waals surface area (Å²) in [5.41, 5.74) is 0.865. The van der Waals surface area contributed by atoms with Crippen molar-refractivity contribution in [3.8, 4) is 0 Å². The van der Waals surface area contributed by atoms with E-state index in [1.807, 2.05) is 0 Å². The molecule has 1 heterocycles.